The maximum Gasteiger partial charge on any atom is 0.276 e. The SMILES string of the molecule is C[C@@H]1CN(C(=O)c2ccon2)CCN1C(=O)C1CCc2cn[nH]c21. The van der Waals surface area contributed by atoms with Crippen LogP contribution < -0.4 is 0 Å². The Morgan fingerprint density at radius 2 is 2.25 bits per heavy atom. The number of amides is 2. The molecule has 8 nitrogen and oxygen atoms in total. The molecule has 2 aromatic heterocycles. The number of nitrogens with one attached hydrogen (secondary N) is 1. The van der Waals surface area contributed by atoms with Crippen molar-refractivity contribution in [2.24, 2.45) is 0 Å². The molecule has 1 unspecified atom stereocenters. The predicted octanol–water partition coefficient (Wildman–Crippen LogP) is 0.801. The van der Waals surface area contributed by atoms with Crippen LogP contribution in [0.25, 0.3) is 0 Å². The van der Waals surface area contributed by atoms with Gasteiger partial charge in [-0.25, -0.2) is 0 Å². The van der Waals surface area contributed by atoms with Crippen LogP contribution in [0.3, 0.4) is 0 Å². The van der Waals surface area contributed by atoms with E-state index in [0.717, 1.165) is 24.1 Å². The van der Waals surface area contributed by atoms with Crippen LogP contribution in [0, 0.1) is 0 Å². The molecule has 2 aromatic rings. The molecular formula is C16H19N5O3. The summed E-state index contributed by atoms with van der Waals surface area (Å²) in [7, 11) is 0. The molecule has 1 aliphatic carbocycles. The molecule has 1 saturated heterocycles. The fraction of sp³-hybridized carbons (Fsp3) is 0.500. The summed E-state index contributed by atoms with van der Waals surface area (Å²) in [6.07, 6.45) is 4.91. The number of aryl methyl sites for hydroxylation is 1. The number of carbonyl (C=O) groups excluding carboxylic acids is 2. The lowest BCUT2D eigenvalue weighted by molar-refractivity contribution is -0.137. The molecule has 126 valence electrons. The first-order valence-corrected chi connectivity index (χ1v) is 8.17. The van der Waals surface area contributed by atoms with Crippen molar-refractivity contribution < 1.29 is 14.1 Å². The largest absolute Gasteiger partial charge is 0.364 e. The summed E-state index contributed by atoms with van der Waals surface area (Å²) in [6, 6.07) is 1.53. The van der Waals surface area contributed by atoms with Crippen molar-refractivity contribution in [2.75, 3.05) is 19.6 Å². The molecule has 0 bridgehead atoms. The Balaban J connectivity index is 1.44. The number of piperazine rings is 1. The summed E-state index contributed by atoms with van der Waals surface area (Å²) >= 11 is 0. The summed E-state index contributed by atoms with van der Waals surface area (Å²) in [4.78, 5) is 28.9. The highest BCUT2D eigenvalue weighted by Crippen LogP contribution is 2.33. The number of fused-ring (bicyclic) bond motifs is 1. The van der Waals surface area contributed by atoms with Gasteiger partial charge in [0.2, 0.25) is 5.91 Å². The molecule has 1 aliphatic heterocycles. The van der Waals surface area contributed by atoms with Gasteiger partial charge < -0.3 is 14.3 Å². The normalized spacial score (nSPS) is 23.4. The van der Waals surface area contributed by atoms with Crippen LogP contribution in [0.1, 0.15) is 41.0 Å². The van der Waals surface area contributed by atoms with Crippen molar-refractivity contribution in [3.8, 4) is 0 Å². The van der Waals surface area contributed by atoms with Crippen LogP contribution in [0.4, 0.5) is 0 Å². The first kappa shape index (κ1) is 14.9. The molecule has 0 radical (unpaired) electrons. The van der Waals surface area contributed by atoms with Crippen LogP contribution in [0.2, 0.25) is 0 Å². The van der Waals surface area contributed by atoms with Gasteiger partial charge in [-0.05, 0) is 25.3 Å². The van der Waals surface area contributed by atoms with E-state index in [-0.39, 0.29) is 23.8 Å². The Hall–Kier alpha value is -2.64. The van der Waals surface area contributed by atoms with Crippen molar-refractivity contribution >= 4 is 11.8 Å². The first-order chi connectivity index (χ1) is 11.6. The minimum absolute atomic E-state index is 0.0333. The van der Waals surface area contributed by atoms with Crippen molar-refractivity contribution in [3.05, 3.63) is 35.5 Å². The molecule has 4 rings (SSSR count). The van der Waals surface area contributed by atoms with Crippen LogP contribution in [-0.4, -0.2) is 62.6 Å². The quantitative estimate of drug-likeness (QED) is 0.879. The number of aromatic amines is 1. The molecule has 24 heavy (non-hydrogen) atoms. The third kappa shape index (κ3) is 2.38. The number of hydrogen-bond donors (Lipinski definition) is 1. The van der Waals surface area contributed by atoms with E-state index in [4.69, 9.17) is 4.52 Å². The second-order valence-corrected chi connectivity index (χ2v) is 6.42. The minimum Gasteiger partial charge on any atom is -0.364 e. The minimum atomic E-state index is -0.153. The van der Waals surface area contributed by atoms with Crippen molar-refractivity contribution in [3.63, 3.8) is 0 Å². The number of nitrogens with zero attached hydrogens (tertiary/aromatic N) is 4. The molecular weight excluding hydrogens is 310 g/mol. The maximum atomic E-state index is 12.9. The maximum absolute atomic E-state index is 12.9. The standard InChI is InChI=1S/C16H19N5O3/c1-10-9-20(16(23)13-4-7-24-19-13)5-6-21(10)15(22)12-3-2-11-8-17-18-14(11)12/h4,7-8,10,12H,2-3,5-6,9H2,1H3,(H,17,18)/t10-,12?/m1/s1. The lowest BCUT2D eigenvalue weighted by Crippen LogP contribution is -2.56. The molecule has 2 amide bonds. The summed E-state index contributed by atoms with van der Waals surface area (Å²) in [5.41, 5.74) is 2.40. The monoisotopic (exact) mass is 329 g/mol. The first-order valence-electron chi connectivity index (χ1n) is 8.17. The smallest absolute Gasteiger partial charge is 0.276 e. The van der Waals surface area contributed by atoms with E-state index in [2.05, 4.69) is 15.4 Å². The zero-order valence-electron chi connectivity index (χ0n) is 13.4. The number of H-pyrrole nitrogens is 1. The number of hydrogen-bond acceptors (Lipinski definition) is 5. The molecule has 0 aromatic carbocycles. The van der Waals surface area contributed by atoms with Crippen molar-refractivity contribution in [1.29, 1.82) is 0 Å². The summed E-state index contributed by atoms with van der Waals surface area (Å²) < 4.78 is 4.73. The van der Waals surface area contributed by atoms with Crippen LogP contribution in [0.5, 0.6) is 0 Å². The zero-order chi connectivity index (χ0) is 16.7. The lowest BCUT2D eigenvalue weighted by Gasteiger charge is -2.40. The average Bonchev–Trinajstić information content (AvgIpc) is 3.30. The van der Waals surface area contributed by atoms with E-state index in [1.165, 1.54) is 6.26 Å². The lowest BCUT2D eigenvalue weighted by atomic mass is 10.0. The number of rotatable bonds is 2. The third-order valence-electron chi connectivity index (χ3n) is 4.95. The van der Waals surface area contributed by atoms with Gasteiger partial charge in [0.15, 0.2) is 5.69 Å². The third-order valence-corrected chi connectivity index (χ3v) is 4.95. The molecule has 0 saturated carbocycles. The van der Waals surface area contributed by atoms with Gasteiger partial charge in [0, 0.05) is 31.7 Å². The van der Waals surface area contributed by atoms with E-state index in [1.54, 1.807) is 17.2 Å². The van der Waals surface area contributed by atoms with Gasteiger partial charge in [0.05, 0.1) is 17.8 Å². The highest BCUT2D eigenvalue weighted by molar-refractivity contribution is 5.92. The number of carbonyl (C=O) groups is 2. The van der Waals surface area contributed by atoms with Gasteiger partial charge in [0.25, 0.3) is 5.91 Å². The van der Waals surface area contributed by atoms with E-state index < -0.39 is 0 Å². The topological polar surface area (TPSA) is 95.3 Å². The zero-order valence-corrected chi connectivity index (χ0v) is 13.4. The van der Waals surface area contributed by atoms with Gasteiger partial charge >= 0.3 is 0 Å². The fourth-order valence-corrected chi connectivity index (χ4v) is 3.67. The summed E-state index contributed by atoms with van der Waals surface area (Å²) in [5, 5.41) is 10.7. The highest BCUT2D eigenvalue weighted by Gasteiger charge is 2.37. The molecule has 2 atom stereocenters. The van der Waals surface area contributed by atoms with Gasteiger partial charge in [-0.2, -0.15) is 5.10 Å². The van der Waals surface area contributed by atoms with Crippen LogP contribution in [-0.2, 0) is 11.2 Å². The van der Waals surface area contributed by atoms with Crippen molar-refractivity contribution in [2.45, 2.75) is 31.7 Å². The van der Waals surface area contributed by atoms with Crippen molar-refractivity contribution in [1.82, 2.24) is 25.2 Å². The molecule has 8 heteroatoms. The van der Waals surface area contributed by atoms with E-state index >= 15 is 0 Å². The fourth-order valence-electron chi connectivity index (χ4n) is 3.67. The Morgan fingerprint density at radius 3 is 3.00 bits per heavy atom. The Kier molecular flexibility index (Phi) is 3.59. The average molecular weight is 329 g/mol. The van der Waals surface area contributed by atoms with E-state index in [0.29, 0.717) is 25.3 Å². The molecule has 0 spiro atoms. The van der Waals surface area contributed by atoms with Crippen LogP contribution in [0.15, 0.2) is 23.0 Å². The van der Waals surface area contributed by atoms with E-state index in [1.807, 2.05) is 11.8 Å². The van der Waals surface area contributed by atoms with E-state index in [9.17, 15) is 9.59 Å². The number of aromatic nitrogens is 3. The Morgan fingerprint density at radius 1 is 1.38 bits per heavy atom. The summed E-state index contributed by atoms with van der Waals surface area (Å²) in [5.74, 6) is -0.166. The van der Waals surface area contributed by atoms with Gasteiger partial charge in [-0.15, -0.1) is 0 Å². The highest BCUT2D eigenvalue weighted by atomic mass is 16.5. The molecule has 1 fully saturated rings. The summed E-state index contributed by atoms with van der Waals surface area (Å²) in [6.45, 7) is 3.51. The van der Waals surface area contributed by atoms with Gasteiger partial charge in [-0.3, -0.25) is 14.7 Å². The molecule has 2 aliphatic rings. The Labute approximate surface area is 138 Å². The second-order valence-electron chi connectivity index (χ2n) is 6.42. The van der Waals surface area contributed by atoms with Crippen LogP contribution >= 0.6 is 0 Å². The van der Waals surface area contributed by atoms with Gasteiger partial charge in [-0.1, -0.05) is 5.16 Å². The molecule has 1 N–H and O–H groups in total. The predicted molar refractivity (Wildman–Crippen MR) is 83.2 cm³/mol. The molecule has 3 heterocycles. The Bertz CT molecular complexity index is 754. The van der Waals surface area contributed by atoms with Gasteiger partial charge in [0.1, 0.15) is 6.26 Å². The second kappa shape index (κ2) is 5.77.